The number of carbonyl (C=O) groups is 1. The van der Waals surface area contributed by atoms with Crippen LogP contribution in [-0.2, 0) is 4.79 Å². The molecular weight excluding hydrogens is 220 g/mol. The highest BCUT2D eigenvalue weighted by Gasteiger charge is 2.25. The van der Waals surface area contributed by atoms with Crippen molar-refractivity contribution in [1.29, 1.82) is 0 Å². The Balaban J connectivity index is 2.75. The van der Waals surface area contributed by atoms with Gasteiger partial charge in [-0.1, -0.05) is 17.7 Å². The fourth-order valence-corrected chi connectivity index (χ4v) is 2.32. The van der Waals surface area contributed by atoms with Gasteiger partial charge < -0.3 is 11.5 Å². The Morgan fingerprint density at radius 3 is 2.62 bits per heavy atom. The molecule has 0 heterocycles. The molecule has 1 aromatic carbocycles. The normalized spacial score (nSPS) is 14.5. The maximum absolute atomic E-state index is 11.1. The molecule has 88 valence electrons. The number of benzene rings is 1. The largest absolute Gasteiger partial charge is 0.368 e. The second-order valence-electron chi connectivity index (χ2n) is 4.34. The van der Waals surface area contributed by atoms with Gasteiger partial charge in [-0.3, -0.25) is 4.79 Å². The number of primary amides is 1. The SMILES string of the molecule is Cc1ccc(C)c(SCC(C)(N)C(N)=O)c1. The smallest absolute Gasteiger partial charge is 0.238 e. The lowest BCUT2D eigenvalue weighted by Crippen LogP contribution is -2.51. The molecule has 1 unspecified atom stereocenters. The van der Waals surface area contributed by atoms with Crippen molar-refractivity contribution in [2.24, 2.45) is 11.5 Å². The molecule has 4 heteroatoms. The second kappa shape index (κ2) is 4.89. The van der Waals surface area contributed by atoms with Crippen LogP contribution < -0.4 is 11.5 Å². The van der Waals surface area contributed by atoms with E-state index in [2.05, 4.69) is 18.2 Å². The lowest BCUT2D eigenvalue weighted by Gasteiger charge is -2.20. The summed E-state index contributed by atoms with van der Waals surface area (Å²) in [4.78, 5) is 12.2. The second-order valence-corrected chi connectivity index (χ2v) is 5.36. The van der Waals surface area contributed by atoms with Crippen LogP contribution in [-0.4, -0.2) is 17.2 Å². The predicted molar refractivity (Wildman–Crippen MR) is 68.4 cm³/mol. The minimum absolute atomic E-state index is 0.467. The number of hydrogen-bond acceptors (Lipinski definition) is 3. The molecule has 0 aliphatic rings. The topological polar surface area (TPSA) is 69.1 Å². The Morgan fingerprint density at radius 2 is 2.06 bits per heavy atom. The van der Waals surface area contributed by atoms with Crippen LogP contribution in [0, 0.1) is 13.8 Å². The van der Waals surface area contributed by atoms with E-state index in [1.165, 1.54) is 11.1 Å². The van der Waals surface area contributed by atoms with Crippen LogP contribution >= 0.6 is 11.8 Å². The number of rotatable bonds is 4. The summed E-state index contributed by atoms with van der Waals surface area (Å²) >= 11 is 1.57. The minimum Gasteiger partial charge on any atom is -0.368 e. The van der Waals surface area contributed by atoms with Gasteiger partial charge in [0.15, 0.2) is 0 Å². The highest BCUT2D eigenvalue weighted by Crippen LogP contribution is 2.25. The molecule has 0 radical (unpaired) electrons. The summed E-state index contributed by atoms with van der Waals surface area (Å²) in [5.74, 6) is 0.0254. The van der Waals surface area contributed by atoms with Crippen molar-refractivity contribution < 1.29 is 4.79 Å². The Morgan fingerprint density at radius 1 is 1.44 bits per heavy atom. The summed E-state index contributed by atoms with van der Waals surface area (Å²) in [5.41, 5.74) is 12.5. The van der Waals surface area contributed by atoms with Gasteiger partial charge in [0.25, 0.3) is 0 Å². The molecule has 0 aliphatic heterocycles. The van der Waals surface area contributed by atoms with Crippen molar-refractivity contribution in [3.05, 3.63) is 29.3 Å². The van der Waals surface area contributed by atoms with Crippen LogP contribution in [0.5, 0.6) is 0 Å². The first-order valence-corrected chi connectivity index (χ1v) is 6.10. The maximum Gasteiger partial charge on any atom is 0.238 e. The van der Waals surface area contributed by atoms with E-state index < -0.39 is 11.4 Å². The first kappa shape index (κ1) is 13.1. The van der Waals surface area contributed by atoms with Crippen molar-refractivity contribution in [1.82, 2.24) is 0 Å². The van der Waals surface area contributed by atoms with Crippen molar-refractivity contribution >= 4 is 17.7 Å². The van der Waals surface area contributed by atoms with E-state index in [1.807, 2.05) is 13.8 Å². The van der Waals surface area contributed by atoms with Crippen molar-refractivity contribution in [3.8, 4) is 0 Å². The fourth-order valence-electron chi connectivity index (χ4n) is 1.16. The summed E-state index contributed by atoms with van der Waals surface area (Å²) in [6, 6.07) is 6.22. The molecule has 0 spiro atoms. The fraction of sp³-hybridized carbons (Fsp3) is 0.417. The summed E-state index contributed by atoms with van der Waals surface area (Å²) in [7, 11) is 0. The summed E-state index contributed by atoms with van der Waals surface area (Å²) in [6.45, 7) is 5.74. The highest BCUT2D eigenvalue weighted by molar-refractivity contribution is 7.99. The van der Waals surface area contributed by atoms with E-state index in [4.69, 9.17) is 11.5 Å². The van der Waals surface area contributed by atoms with Crippen LogP contribution in [0.2, 0.25) is 0 Å². The average Bonchev–Trinajstić information content (AvgIpc) is 2.19. The Hall–Kier alpha value is -1.00. The van der Waals surface area contributed by atoms with Gasteiger partial charge >= 0.3 is 0 Å². The molecule has 16 heavy (non-hydrogen) atoms. The van der Waals surface area contributed by atoms with Crippen LogP contribution in [0.15, 0.2) is 23.1 Å². The van der Waals surface area contributed by atoms with Gasteiger partial charge in [-0.15, -0.1) is 11.8 Å². The Labute approximate surface area is 101 Å². The van der Waals surface area contributed by atoms with E-state index in [1.54, 1.807) is 18.7 Å². The van der Waals surface area contributed by atoms with Crippen LogP contribution in [0.3, 0.4) is 0 Å². The molecule has 0 aliphatic carbocycles. The monoisotopic (exact) mass is 238 g/mol. The van der Waals surface area contributed by atoms with Crippen molar-refractivity contribution in [2.75, 3.05) is 5.75 Å². The molecule has 1 amide bonds. The van der Waals surface area contributed by atoms with E-state index in [9.17, 15) is 4.79 Å². The van der Waals surface area contributed by atoms with Gasteiger partial charge in [0.1, 0.15) is 5.54 Å². The maximum atomic E-state index is 11.1. The molecular formula is C12H18N2OS. The Kier molecular flexibility index (Phi) is 3.99. The molecule has 3 nitrogen and oxygen atoms in total. The third-order valence-electron chi connectivity index (χ3n) is 2.43. The van der Waals surface area contributed by atoms with Gasteiger partial charge in [0.05, 0.1) is 0 Å². The third kappa shape index (κ3) is 3.25. The minimum atomic E-state index is -0.957. The first-order valence-electron chi connectivity index (χ1n) is 5.12. The molecule has 0 saturated heterocycles. The van der Waals surface area contributed by atoms with E-state index >= 15 is 0 Å². The zero-order chi connectivity index (χ0) is 12.3. The molecule has 4 N–H and O–H groups in total. The summed E-state index contributed by atoms with van der Waals surface area (Å²) < 4.78 is 0. The van der Waals surface area contributed by atoms with E-state index in [-0.39, 0.29) is 0 Å². The zero-order valence-electron chi connectivity index (χ0n) is 9.91. The summed E-state index contributed by atoms with van der Waals surface area (Å²) in [5, 5.41) is 0. The highest BCUT2D eigenvalue weighted by atomic mass is 32.2. The number of amides is 1. The van der Waals surface area contributed by atoms with Crippen molar-refractivity contribution in [2.45, 2.75) is 31.2 Å². The van der Waals surface area contributed by atoms with Crippen LogP contribution in [0.25, 0.3) is 0 Å². The molecule has 1 rings (SSSR count). The number of aryl methyl sites for hydroxylation is 2. The van der Waals surface area contributed by atoms with Crippen LogP contribution in [0.1, 0.15) is 18.1 Å². The van der Waals surface area contributed by atoms with Gasteiger partial charge in [-0.25, -0.2) is 0 Å². The van der Waals surface area contributed by atoms with E-state index in [0.29, 0.717) is 5.75 Å². The predicted octanol–water partition coefficient (Wildman–Crippen LogP) is 1.60. The quantitative estimate of drug-likeness (QED) is 0.783. The first-order chi connectivity index (χ1) is 7.33. The van der Waals surface area contributed by atoms with E-state index in [0.717, 1.165) is 4.90 Å². The van der Waals surface area contributed by atoms with Gasteiger partial charge in [-0.2, -0.15) is 0 Å². The number of thioether (sulfide) groups is 1. The molecule has 1 atom stereocenters. The molecule has 1 aromatic rings. The van der Waals surface area contributed by atoms with Gasteiger partial charge in [-0.05, 0) is 32.4 Å². The molecule has 0 fully saturated rings. The number of nitrogens with two attached hydrogens (primary N) is 2. The Bertz CT molecular complexity index is 402. The number of carbonyl (C=O) groups excluding carboxylic acids is 1. The average molecular weight is 238 g/mol. The third-order valence-corrected chi connectivity index (χ3v) is 3.93. The molecule has 0 bridgehead atoms. The van der Waals surface area contributed by atoms with Crippen LogP contribution in [0.4, 0.5) is 0 Å². The lowest BCUT2D eigenvalue weighted by atomic mass is 10.1. The summed E-state index contributed by atoms with van der Waals surface area (Å²) in [6.07, 6.45) is 0. The van der Waals surface area contributed by atoms with Crippen molar-refractivity contribution in [3.63, 3.8) is 0 Å². The number of hydrogen-bond donors (Lipinski definition) is 2. The molecule has 0 saturated carbocycles. The zero-order valence-corrected chi connectivity index (χ0v) is 10.7. The molecule has 0 aromatic heterocycles. The standard InChI is InChI=1S/C12H18N2OS/c1-8-4-5-9(2)10(6-8)16-7-12(3,14)11(13)15/h4-6H,7,14H2,1-3H3,(H2,13,15). The van der Waals surface area contributed by atoms with Gasteiger partial charge in [0, 0.05) is 10.6 Å². The lowest BCUT2D eigenvalue weighted by molar-refractivity contribution is -0.121. The van der Waals surface area contributed by atoms with Gasteiger partial charge in [0.2, 0.25) is 5.91 Å².